The fraction of sp³-hybridized carbons (Fsp3) is 0.304. The van der Waals surface area contributed by atoms with E-state index in [9.17, 15) is 8.42 Å². The van der Waals surface area contributed by atoms with Gasteiger partial charge in [0, 0.05) is 12.7 Å². The average Bonchev–Trinajstić information content (AvgIpc) is 3.14. The first-order valence-electron chi connectivity index (χ1n) is 9.64. The molecule has 1 heterocycles. The third-order valence-electron chi connectivity index (χ3n) is 5.49. The second-order valence-electron chi connectivity index (χ2n) is 7.30. The van der Waals surface area contributed by atoms with Crippen molar-refractivity contribution in [2.45, 2.75) is 49.6 Å². The van der Waals surface area contributed by atoms with Crippen molar-refractivity contribution in [1.29, 1.82) is 0 Å². The molecule has 3 nitrogen and oxygen atoms in total. The molecule has 1 aliphatic heterocycles. The van der Waals surface area contributed by atoms with Crippen LogP contribution in [0.1, 0.15) is 37.7 Å². The number of rotatable bonds is 4. The molecule has 2 aromatic carbocycles. The Morgan fingerprint density at radius 1 is 0.926 bits per heavy atom. The lowest BCUT2D eigenvalue weighted by molar-refractivity contribution is 0.300. The van der Waals surface area contributed by atoms with Crippen LogP contribution in [0.3, 0.4) is 0 Å². The Labute approximate surface area is 161 Å². The van der Waals surface area contributed by atoms with Gasteiger partial charge in [0.2, 0.25) is 9.84 Å². The van der Waals surface area contributed by atoms with Crippen molar-refractivity contribution >= 4 is 9.84 Å². The van der Waals surface area contributed by atoms with Crippen LogP contribution in [-0.2, 0) is 16.4 Å². The summed E-state index contributed by atoms with van der Waals surface area (Å²) in [4.78, 5) is 3.15. The molecular formula is C23H25NO2S. The van der Waals surface area contributed by atoms with Gasteiger partial charge in [-0.15, -0.1) is 0 Å². The molecule has 0 N–H and O–H groups in total. The van der Waals surface area contributed by atoms with Gasteiger partial charge in [-0.2, -0.15) is 0 Å². The van der Waals surface area contributed by atoms with Crippen LogP contribution in [0.25, 0.3) is 0 Å². The molecule has 4 heteroatoms. The number of sulfone groups is 1. The topological polar surface area (TPSA) is 37.4 Å². The van der Waals surface area contributed by atoms with Gasteiger partial charge < -0.3 is 4.90 Å². The van der Waals surface area contributed by atoms with Crippen molar-refractivity contribution in [2.24, 2.45) is 0 Å². The summed E-state index contributed by atoms with van der Waals surface area (Å²) in [6.07, 6.45) is 8.96. The van der Waals surface area contributed by atoms with Crippen molar-refractivity contribution in [3.63, 3.8) is 0 Å². The van der Waals surface area contributed by atoms with Crippen LogP contribution in [0.15, 0.2) is 88.3 Å². The van der Waals surface area contributed by atoms with E-state index in [1.165, 1.54) is 17.6 Å². The van der Waals surface area contributed by atoms with Crippen molar-refractivity contribution in [1.82, 2.24) is 4.90 Å². The minimum absolute atomic E-state index is 0.312. The van der Waals surface area contributed by atoms with E-state index in [1.807, 2.05) is 30.5 Å². The zero-order valence-corrected chi connectivity index (χ0v) is 16.2. The second-order valence-corrected chi connectivity index (χ2v) is 9.30. The van der Waals surface area contributed by atoms with Gasteiger partial charge in [0.1, 0.15) is 0 Å². The van der Waals surface area contributed by atoms with Crippen molar-refractivity contribution in [3.8, 4) is 0 Å². The third kappa shape index (κ3) is 3.86. The molecular weight excluding hydrogens is 354 g/mol. The number of fused-ring (bicyclic) bond motifs is 1. The monoisotopic (exact) mass is 379 g/mol. The smallest absolute Gasteiger partial charge is 0.204 e. The first kappa shape index (κ1) is 18.1. The molecule has 4 rings (SSSR count). The first-order valence-corrected chi connectivity index (χ1v) is 11.1. The highest BCUT2D eigenvalue weighted by atomic mass is 32.2. The summed E-state index contributed by atoms with van der Waals surface area (Å²) in [5, 5.41) is 0. The van der Waals surface area contributed by atoms with E-state index in [1.54, 1.807) is 24.3 Å². The molecule has 27 heavy (non-hydrogen) atoms. The lowest BCUT2D eigenvalue weighted by Crippen LogP contribution is -2.31. The summed E-state index contributed by atoms with van der Waals surface area (Å²) < 4.78 is 26.5. The van der Waals surface area contributed by atoms with Gasteiger partial charge in [0.25, 0.3) is 0 Å². The molecule has 1 atom stereocenters. The maximum atomic E-state index is 13.2. The van der Waals surface area contributed by atoms with Crippen LogP contribution < -0.4 is 0 Å². The van der Waals surface area contributed by atoms with E-state index >= 15 is 0 Å². The zero-order valence-electron chi connectivity index (χ0n) is 15.4. The Kier molecular flexibility index (Phi) is 5.17. The molecule has 1 saturated carbocycles. The fourth-order valence-electron chi connectivity index (χ4n) is 4.11. The highest BCUT2D eigenvalue weighted by Gasteiger charge is 2.29. The predicted molar refractivity (Wildman–Crippen MR) is 109 cm³/mol. The Morgan fingerprint density at radius 2 is 1.63 bits per heavy atom. The number of nitrogens with zero attached hydrogens (tertiary/aromatic N) is 1. The fourth-order valence-corrected chi connectivity index (χ4v) is 5.59. The summed E-state index contributed by atoms with van der Waals surface area (Å²) in [6, 6.07) is 19.4. The summed E-state index contributed by atoms with van der Waals surface area (Å²) in [5.41, 5.74) is 2.68. The van der Waals surface area contributed by atoms with Gasteiger partial charge in [-0.1, -0.05) is 60.2 Å². The van der Waals surface area contributed by atoms with Crippen LogP contribution in [0.5, 0.6) is 0 Å². The molecule has 2 aliphatic rings. The van der Waals surface area contributed by atoms with E-state index in [4.69, 9.17) is 0 Å². The Morgan fingerprint density at radius 3 is 2.37 bits per heavy atom. The molecule has 0 bridgehead atoms. The zero-order chi connectivity index (χ0) is 18.7. The molecule has 1 fully saturated rings. The molecule has 0 saturated heterocycles. The summed E-state index contributed by atoms with van der Waals surface area (Å²) >= 11 is 0. The van der Waals surface area contributed by atoms with Crippen LogP contribution in [0.4, 0.5) is 0 Å². The predicted octanol–water partition coefficient (Wildman–Crippen LogP) is 5.08. The lowest BCUT2D eigenvalue weighted by Gasteiger charge is -2.31. The van der Waals surface area contributed by atoms with Crippen LogP contribution in [0, 0.1) is 0 Å². The van der Waals surface area contributed by atoms with Gasteiger partial charge in [-0.25, -0.2) is 8.42 Å². The summed E-state index contributed by atoms with van der Waals surface area (Å²) in [7, 11) is -3.47. The highest BCUT2D eigenvalue weighted by molar-refractivity contribution is 7.95. The van der Waals surface area contributed by atoms with E-state index in [2.05, 4.69) is 23.1 Å². The molecule has 0 amide bonds. The number of allylic oxidation sites excluding steroid dienone is 2. The Bertz CT molecular complexity index is 946. The summed E-state index contributed by atoms with van der Waals surface area (Å²) in [5.74, 6) is 0. The van der Waals surface area contributed by atoms with E-state index in [-0.39, 0.29) is 0 Å². The molecule has 140 valence electrons. The number of hydrogen-bond donors (Lipinski definition) is 0. The standard InChI is InChI=1S/C23H25NO2S/c25-27(26,21-13-5-2-6-14-21)22-15-7-11-20-12-8-16-23(20)24(18-22)17-19-9-3-1-4-10-19/h1-6,9-11,13-14,18,23H,7-8,12,15-17H2/b20-11-,22-18+. The van der Waals surface area contributed by atoms with Gasteiger partial charge in [-0.3, -0.25) is 0 Å². The SMILES string of the molecule is O=S(=O)(/C1=C/N(Cc2ccccc2)C2CCC/C2=C/CC1)c1ccccc1. The number of hydrogen-bond acceptors (Lipinski definition) is 3. The maximum Gasteiger partial charge on any atom is 0.204 e. The quantitative estimate of drug-likeness (QED) is 0.696. The van der Waals surface area contributed by atoms with Crippen LogP contribution in [-0.4, -0.2) is 19.4 Å². The van der Waals surface area contributed by atoms with Crippen molar-refractivity contribution in [2.75, 3.05) is 0 Å². The molecule has 1 unspecified atom stereocenters. The second kappa shape index (κ2) is 7.73. The highest BCUT2D eigenvalue weighted by Crippen LogP contribution is 2.35. The van der Waals surface area contributed by atoms with Crippen LogP contribution >= 0.6 is 0 Å². The maximum absolute atomic E-state index is 13.2. The normalized spacial score (nSPS) is 24.1. The van der Waals surface area contributed by atoms with E-state index < -0.39 is 9.84 Å². The minimum Gasteiger partial charge on any atom is -0.366 e. The van der Waals surface area contributed by atoms with Gasteiger partial charge >= 0.3 is 0 Å². The average molecular weight is 380 g/mol. The number of benzene rings is 2. The molecule has 2 aromatic rings. The van der Waals surface area contributed by atoms with E-state index in [0.717, 1.165) is 25.8 Å². The van der Waals surface area contributed by atoms with Crippen molar-refractivity contribution in [3.05, 3.63) is 89.0 Å². The molecule has 0 aromatic heterocycles. The van der Waals surface area contributed by atoms with E-state index in [0.29, 0.717) is 22.3 Å². The lowest BCUT2D eigenvalue weighted by atomic mass is 10.0. The largest absolute Gasteiger partial charge is 0.366 e. The summed E-state index contributed by atoms with van der Waals surface area (Å²) in [6.45, 7) is 0.733. The molecule has 0 spiro atoms. The Hall–Kier alpha value is -2.33. The third-order valence-corrected chi connectivity index (χ3v) is 7.38. The van der Waals surface area contributed by atoms with Gasteiger partial charge in [0.15, 0.2) is 0 Å². The Balaban J connectivity index is 1.73. The van der Waals surface area contributed by atoms with Crippen LogP contribution in [0.2, 0.25) is 0 Å². The first-order chi connectivity index (χ1) is 13.1. The molecule has 1 aliphatic carbocycles. The van der Waals surface area contributed by atoms with Crippen molar-refractivity contribution < 1.29 is 8.42 Å². The van der Waals surface area contributed by atoms with Gasteiger partial charge in [0.05, 0.1) is 15.8 Å². The minimum atomic E-state index is -3.47. The molecule has 0 radical (unpaired) electrons. The van der Waals surface area contributed by atoms with Gasteiger partial charge in [-0.05, 0) is 49.8 Å².